The Morgan fingerprint density at radius 2 is 1.92 bits per heavy atom. The van der Waals surface area contributed by atoms with Gasteiger partial charge in [0.1, 0.15) is 11.2 Å². The summed E-state index contributed by atoms with van der Waals surface area (Å²) in [5.41, 5.74) is -0.701. The van der Waals surface area contributed by atoms with Crippen LogP contribution in [0.1, 0.15) is 22.4 Å². The Labute approximate surface area is 152 Å². The average Bonchev–Trinajstić information content (AvgIpc) is 3.07. The largest absolute Gasteiger partial charge is 0.338 e. The predicted molar refractivity (Wildman–Crippen MR) is 94.9 cm³/mol. The molecule has 4 N–H and O–H groups in total. The summed E-state index contributed by atoms with van der Waals surface area (Å²) in [6, 6.07) is 5.30. The quantitative estimate of drug-likeness (QED) is 0.439. The van der Waals surface area contributed by atoms with Crippen molar-refractivity contribution in [3.63, 3.8) is 0 Å². The molecule has 1 amide bonds. The molecule has 0 saturated heterocycles. The number of anilines is 3. The fourth-order valence-electron chi connectivity index (χ4n) is 3.84. The minimum atomic E-state index is -1.49. The van der Waals surface area contributed by atoms with Crippen LogP contribution in [-0.2, 0) is 10.2 Å². The van der Waals surface area contributed by atoms with Gasteiger partial charge in [-0.3, -0.25) is 19.6 Å². The molecule has 1 atom stereocenters. The first-order valence-corrected chi connectivity index (χ1v) is 8.44. The number of aryl methyl sites for hydroxylation is 1. The lowest BCUT2D eigenvalue weighted by Gasteiger charge is -2.32. The van der Waals surface area contributed by atoms with Gasteiger partial charge in [-0.1, -0.05) is 21.1 Å². The Kier molecular flexibility index (Phi) is 2.75. The van der Waals surface area contributed by atoms with E-state index < -0.39 is 22.6 Å². The average molecular weight is 416 g/mol. The van der Waals surface area contributed by atoms with Crippen LogP contribution in [0, 0.1) is 6.92 Å². The lowest BCUT2D eigenvalue weighted by molar-refractivity contribution is -0.118. The molecule has 0 fully saturated rings. The SMILES string of the molecule is Cc1noc2c1C1(C(=O)Nc3ccc(Br)cc31)c1c([nH]c(=O)[nH]c1=O)N2. The molecule has 3 aromatic rings. The molecule has 2 aromatic heterocycles. The highest BCUT2D eigenvalue weighted by atomic mass is 79.9. The molecule has 0 bridgehead atoms. The first-order valence-electron chi connectivity index (χ1n) is 7.65. The van der Waals surface area contributed by atoms with Crippen molar-refractivity contribution in [1.29, 1.82) is 0 Å². The van der Waals surface area contributed by atoms with Crippen LogP contribution in [0.2, 0.25) is 0 Å². The molecule has 4 heterocycles. The summed E-state index contributed by atoms with van der Waals surface area (Å²) >= 11 is 3.42. The number of hydrogen-bond donors (Lipinski definition) is 4. The number of nitrogens with zero attached hydrogens (tertiary/aromatic N) is 1. The van der Waals surface area contributed by atoms with Gasteiger partial charge in [-0.2, -0.15) is 0 Å². The Balaban J connectivity index is 2.02. The van der Waals surface area contributed by atoms with Gasteiger partial charge in [-0.15, -0.1) is 0 Å². The Morgan fingerprint density at radius 1 is 1.12 bits per heavy atom. The third kappa shape index (κ3) is 1.64. The van der Waals surface area contributed by atoms with Gasteiger partial charge in [0.15, 0.2) is 0 Å². The van der Waals surface area contributed by atoms with Crippen molar-refractivity contribution >= 4 is 39.2 Å². The van der Waals surface area contributed by atoms with Gasteiger partial charge in [0.2, 0.25) is 11.8 Å². The number of hydrogen-bond acceptors (Lipinski definition) is 6. The summed E-state index contributed by atoms with van der Waals surface area (Å²) in [6.07, 6.45) is 0. The fraction of sp³-hybridized carbons (Fsp3) is 0.125. The van der Waals surface area contributed by atoms with E-state index in [1.807, 2.05) is 0 Å². The van der Waals surface area contributed by atoms with Gasteiger partial charge in [0, 0.05) is 15.7 Å². The zero-order valence-electron chi connectivity index (χ0n) is 13.2. The molecular weight excluding hydrogens is 406 g/mol. The molecule has 5 rings (SSSR count). The van der Waals surface area contributed by atoms with Crippen molar-refractivity contribution in [2.45, 2.75) is 12.3 Å². The van der Waals surface area contributed by atoms with Crippen molar-refractivity contribution < 1.29 is 9.32 Å². The van der Waals surface area contributed by atoms with Crippen LogP contribution in [0.3, 0.4) is 0 Å². The van der Waals surface area contributed by atoms with E-state index in [2.05, 4.69) is 41.7 Å². The molecule has 130 valence electrons. The van der Waals surface area contributed by atoms with E-state index in [4.69, 9.17) is 4.52 Å². The van der Waals surface area contributed by atoms with Gasteiger partial charge in [0.25, 0.3) is 5.56 Å². The Bertz CT molecular complexity index is 1240. The number of nitrogens with one attached hydrogen (secondary N) is 4. The number of aromatic nitrogens is 3. The molecule has 10 heteroatoms. The third-order valence-electron chi connectivity index (χ3n) is 4.77. The summed E-state index contributed by atoms with van der Waals surface area (Å²) in [4.78, 5) is 42.5. The number of H-pyrrole nitrogens is 2. The van der Waals surface area contributed by atoms with Crippen LogP contribution in [0.4, 0.5) is 17.4 Å². The molecule has 0 radical (unpaired) electrons. The zero-order chi connectivity index (χ0) is 18.2. The Hall–Kier alpha value is -3.14. The van der Waals surface area contributed by atoms with Crippen molar-refractivity contribution in [2.75, 3.05) is 10.6 Å². The molecule has 26 heavy (non-hydrogen) atoms. The van der Waals surface area contributed by atoms with E-state index >= 15 is 0 Å². The van der Waals surface area contributed by atoms with Gasteiger partial charge in [-0.05, 0) is 25.1 Å². The fourth-order valence-corrected chi connectivity index (χ4v) is 4.20. The minimum Gasteiger partial charge on any atom is -0.338 e. The van der Waals surface area contributed by atoms with Crippen molar-refractivity contribution in [3.8, 4) is 0 Å². The smallest absolute Gasteiger partial charge is 0.327 e. The number of halogens is 1. The van der Waals surface area contributed by atoms with Crippen LogP contribution in [0.15, 0.2) is 36.8 Å². The summed E-state index contributed by atoms with van der Waals surface area (Å²) in [7, 11) is 0. The highest BCUT2D eigenvalue weighted by Gasteiger charge is 2.58. The van der Waals surface area contributed by atoms with Crippen molar-refractivity contribution in [2.24, 2.45) is 0 Å². The zero-order valence-corrected chi connectivity index (χ0v) is 14.8. The predicted octanol–water partition coefficient (Wildman–Crippen LogP) is 1.47. The van der Waals surface area contributed by atoms with E-state index in [1.165, 1.54) is 0 Å². The van der Waals surface area contributed by atoms with Crippen LogP contribution in [-0.4, -0.2) is 21.0 Å². The molecule has 1 spiro atoms. The number of rotatable bonds is 0. The second-order valence-electron chi connectivity index (χ2n) is 6.15. The summed E-state index contributed by atoms with van der Waals surface area (Å²) in [6.45, 7) is 1.69. The van der Waals surface area contributed by atoms with Crippen LogP contribution in [0.25, 0.3) is 0 Å². The van der Waals surface area contributed by atoms with E-state index in [-0.39, 0.29) is 17.3 Å². The van der Waals surface area contributed by atoms with Crippen molar-refractivity contribution in [1.82, 2.24) is 15.1 Å². The van der Waals surface area contributed by atoms with E-state index in [1.54, 1.807) is 25.1 Å². The molecule has 1 unspecified atom stereocenters. The number of carbonyl (C=O) groups is 1. The third-order valence-corrected chi connectivity index (χ3v) is 5.26. The van der Waals surface area contributed by atoms with Crippen LogP contribution < -0.4 is 21.9 Å². The summed E-state index contributed by atoms with van der Waals surface area (Å²) in [5.74, 6) is -0.108. The van der Waals surface area contributed by atoms with Gasteiger partial charge in [0.05, 0.1) is 16.8 Å². The maximum Gasteiger partial charge on any atom is 0.327 e. The van der Waals surface area contributed by atoms with E-state index in [9.17, 15) is 14.4 Å². The lowest BCUT2D eigenvalue weighted by atomic mass is 9.69. The van der Waals surface area contributed by atoms with Gasteiger partial charge >= 0.3 is 5.69 Å². The highest BCUT2D eigenvalue weighted by Crippen LogP contribution is 2.54. The second-order valence-corrected chi connectivity index (χ2v) is 7.07. The maximum absolute atomic E-state index is 13.3. The molecule has 0 saturated carbocycles. The first-order chi connectivity index (χ1) is 12.4. The van der Waals surface area contributed by atoms with E-state index in [0.29, 0.717) is 22.5 Å². The van der Waals surface area contributed by atoms with Crippen LogP contribution >= 0.6 is 15.9 Å². The summed E-state index contributed by atoms with van der Waals surface area (Å²) in [5, 5.41) is 9.64. The summed E-state index contributed by atoms with van der Waals surface area (Å²) < 4.78 is 6.06. The van der Waals surface area contributed by atoms with Crippen LogP contribution in [0.5, 0.6) is 0 Å². The molecule has 2 aliphatic rings. The van der Waals surface area contributed by atoms with E-state index in [0.717, 1.165) is 4.47 Å². The Morgan fingerprint density at radius 3 is 2.73 bits per heavy atom. The topological polar surface area (TPSA) is 133 Å². The molecule has 2 aliphatic heterocycles. The minimum absolute atomic E-state index is 0.0882. The molecule has 0 aliphatic carbocycles. The maximum atomic E-state index is 13.3. The number of aromatic amines is 2. The number of carbonyl (C=O) groups excluding carboxylic acids is 1. The number of fused-ring (bicyclic) bond motifs is 6. The second kappa shape index (κ2) is 4.73. The first kappa shape index (κ1) is 15.1. The van der Waals surface area contributed by atoms with Gasteiger partial charge in [-0.25, -0.2) is 4.79 Å². The monoisotopic (exact) mass is 415 g/mol. The number of benzene rings is 1. The van der Waals surface area contributed by atoms with Crippen molar-refractivity contribution in [3.05, 3.63) is 65.9 Å². The standard InChI is InChI=1S/C16H10BrN5O4/c1-5-9-13(26-22-5)19-11-10(12(23)21-15(25)20-11)16(9)7-4-6(17)2-3-8(7)18-14(16)24/h2-4H,1H3,(H,18,24)(H3,19,20,21,23,25). The number of amides is 1. The van der Waals surface area contributed by atoms with Gasteiger partial charge < -0.3 is 15.2 Å². The normalized spacial score (nSPS) is 19.5. The highest BCUT2D eigenvalue weighted by molar-refractivity contribution is 9.10. The molecular formula is C16H10BrN5O4. The lowest BCUT2D eigenvalue weighted by Crippen LogP contribution is -2.46. The molecule has 1 aromatic carbocycles. The molecule has 9 nitrogen and oxygen atoms in total.